The molecule has 25 heavy (non-hydrogen) atoms. The molecule has 0 saturated heterocycles. The average molecular weight is 355 g/mol. The van der Waals surface area contributed by atoms with E-state index in [1.54, 1.807) is 10.4 Å². The minimum absolute atomic E-state index is 0.802. The second-order valence-corrected chi connectivity index (χ2v) is 11.4. The largest absolute Gasteiger partial charge is 0.330 e. The summed E-state index contributed by atoms with van der Waals surface area (Å²) in [5.41, 5.74) is 5.64. The molecule has 0 atom stereocenters. The molecule has 0 saturated carbocycles. The van der Waals surface area contributed by atoms with Crippen molar-refractivity contribution in [2.45, 2.75) is 38.3 Å². The quantitative estimate of drug-likeness (QED) is 0.495. The zero-order valence-corrected chi connectivity index (χ0v) is 17.0. The first-order chi connectivity index (χ1) is 12.2. The highest BCUT2D eigenvalue weighted by atomic mass is 28.3. The molecule has 0 heterocycles. The predicted octanol–water partition coefficient (Wildman–Crippen LogP) is 3.33. The molecule has 2 nitrogen and oxygen atoms in total. The van der Waals surface area contributed by atoms with Crippen LogP contribution in [0.4, 0.5) is 0 Å². The fraction of sp³-hybridized carbons (Fsp3) is 0.455. The van der Waals surface area contributed by atoms with E-state index in [1.165, 1.54) is 31.5 Å². The molecule has 2 aromatic rings. The molecule has 0 amide bonds. The lowest BCUT2D eigenvalue weighted by molar-refractivity contribution is 0.343. The number of hydrogen-bond acceptors (Lipinski definition) is 2. The highest BCUT2D eigenvalue weighted by Crippen LogP contribution is 2.19. The molecule has 0 fully saturated rings. The summed E-state index contributed by atoms with van der Waals surface area (Å²) in [4.78, 5) is 2.50. The van der Waals surface area contributed by atoms with Crippen LogP contribution in [0.25, 0.3) is 0 Å². The van der Waals surface area contributed by atoms with Crippen LogP contribution in [0.1, 0.15) is 26.2 Å². The van der Waals surface area contributed by atoms with Crippen LogP contribution >= 0.6 is 0 Å². The smallest absolute Gasteiger partial charge is 0.119 e. The van der Waals surface area contributed by atoms with Gasteiger partial charge in [-0.05, 0) is 51.6 Å². The van der Waals surface area contributed by atoms with E-state index in [0.29, 0.717) is 0 Å². The Balaban J connectivity index is 2.25. The van der Waals surface area contributed by atoms with Gasteiger partial charge in [-0.1, -0.05) is 84.4 Å². The summed E-state index contributed by atoms with van der Waals surface area (Å²) in [7, 11) is 0.537. The Bertz CT molecular complexity index is 546. The molecule has 2 rings (SSSR count). The molecule has 0 spiro atoms. The van der Waals surface area contributed by atoms with Crippen LogP contribution < -0.4 is 16.1 Å². The summed E-state index contributed by atoms with van der Waals surface area (Å²) < 4.78 is 0. The summed E-state index contributed by atoms with van der Waals surface area (Å²) in [6.45, 7) is 5.45. The zero-order valence-electron chi connectivity index (χ0n) is 16.0. The van der Waals surface area contributed by atoms with Crippen LogP contribution in [0, 0.1) is 0 Å². The number of rotatable bonds is 11. The Labute approximate surface area is 155 Å². The van der Waals surface area contributed by atoms with Crippen molar-refractivity contribution in [3.05, 3.63) is 60.7 Å². The molecule has 136 valence electrons. The predicted molar refractivity (Wildman–Crippen MR) is 114 cm³/mol. The summed E-state index contributed by atoms with van der Waals surface area (Å²) >= 11 is 0. The normalized spacial score (nSPS) is 11.8. The maximum absolute atomic E-state index is 5.64. The molecular weight excluding hydrogens is 320 g/mol. The lowest BCUT2D eigenvalue weighted by Gasteiger charge is -2.34. The van der Waals surface area contributed by atoms with Gasteiger partial charge in [0.1, 0.15) is 8.07 Å². The van der Waals surface area contributed by atoms with E-state index >= 15 is 0 Å². The van der Waals surface area contributed by atoms with Crippen molar-refractivity contribution in [2.24, 2.45) is 5.73 Å². The van der Waals surface area contributed by atoms with Crippen molar-refractivity contribution in [3.63, 3.8) is 0 Å². The van der Waals surface area contributed by atoms with Crippen molar-refractivity contribution >= 4 is 18.4 Å². The summed E-state index contributed by atoms with van der Waals surface area (Å²) in [5.74, 6) is 0. The highest BCUT2D eigenvalue weighted by molar-refractivity contribution is 7.02. The Morgan fingerprint density at radius 1 is 0.800 bits per heavy atom. The van der Waals surface area contributed by atoms with E-state index in [9.17, 15) is 0 Å². The van der Waals surface area contributed by atoms with Gasteiger partial charge < -0.3 is 10.6 Å². The first kappa shape index (κ1) is 19.9. The fourth-order valence-electron chi connectivity index (χ4n) is 3.83. The average Bonchev–Trinajstić information content (AvgIpc) is 2.67. The summed E-state index contributed by atoms with van der Waals surface area (Å²) in [6, 6.07) is 25.2. The Morgan fingerprint density at radius 3 is 1.84 bits per heavy atom. The third-order valence-corrected chi connectivity index (χ3v) is 10.6. The van der Waals surface area contributed by atoms with Crippen LogP contribution in [0.3, 0.4) is 0 Å². The number of hydrogen-bond donors (Lipinski definition) is 1. The maximum atomic E-state index is 5.64. The molecule has 0 aliphatic carbocycles. The van der Waals surface area contributed by atoms with Crippen molar-refractivity contribution in [3.8, 4) is 0 Å². The van der Waals surface area contributed by atoms with Gasteiger partial charge in [0.25, 0.3) is 0 Å². The van der Waals surface area contributed by atoms with Gasteiger partial charge in [0.05, 0.1) is 0 Å². The van der Waals surface area contributed by atoms with Crippen LogP contribution in [0.15, 0.2) is 60.7 Å². The number of unbranched alkanes of at least 4 members (excludes halogenated alkanes) is 1. The van der Waals surface area contributed by atoms with Gasteiger partial charge in [-0.25, -0.2) is 0 Å². The van der Waals surface area contributed by atoms with Gasteiger partial charge in [-0.15, -0.1) is 0 Å². The van der Waals surface area contributed by atoms with Gasteiger partial charge in [-0.2, -0.15) is 0 Å². The van der Waals surface area contributed by atoms with E-state index in [1.807, 2.05) is 0 Å². The van der Waals surface area contributed by atoms with E-state index in [2.05, 4.69) is 79.5 Å². The van der Waals surface area contributed by atoms with Crippen LogP contribution in [0.2, 0.25) is 12.1 Å². The number of nitrogens with zero attached hydrogens (tertiary/aromatic N) is 1. The van der Waals surface area contributed by atoms with Gasteiger partial charge in [0.15, 0.2) is 0 Å². The fourth-order valence-corrected chi connectivity index (χ4v) is 8.85. The van der Waals surface area contributed by atoms with Crippen LogP contribution in [0.5, 0.6) is 0 Å². The topological polar surface area (TPSA) is 29.3 Å². The first-order valence-corrected chi connectivity index (χ1v) is 12.1. The van der Waals surface area contributed by atoms with Gasteiger partial charge in [-0.3, -0.25) is 0 Å². The molecule has 2 aromatic carbocycles. The molecule has 0 bridgehead atoms. The minimum atomic E-state index is -1.72. The van der Waals surface area contributed by atoms with Crippen LogP contribution in [-0.2, 0) is 0 Å². The number of benzene rings is 2. The van der Waals surface area contributed by atoms with Gasteiger partial charge in [0, 0.05) is 0 Å². The molecular formula is C22H34N2Si. The highest BCUT2D eigenvalue weighted by Gasteiger charge is 2.35. The molecule has 0 aliphatic heterocycles. The monoisotopic (exact) mass is 354 g/mol. The zero-order chi connectivity index (χ0) is 18.0. The Kier molecular flexibility index (Phi) is 8.39. The van der Waals surface area contributed by atoms with E-state index in [0.717, 1.165) is 19.5 Å². The second kappa shape index (κ2) is 10.5. The standard InChI is InChI=1S/C22H34N2Si/c1-3-19-25(21-12-6-4-7-13-21,22-14-8-5-9-15-22)20-18-24(2)17-11-10-16-23/h4-9,12-15H,3,10-11,16-20,23H2,1-2H3. The second-order valence-electron chi connectivity index (χ2n) is 7.11. The molecule has 0 aromatic heterocycles. The van der Waals surface area contributed by atoms with Crippen molar-refractivity contribution in [2.75, 3.05) is 26.7 Å². The van der Waals surface area contributed by atoms with Crippen LogP contribution in [-0.4, -0.2) is 39.7 Å². The van der Waals surface area contributed by atoms with Crippen molar-refractivity contribution in [1.82, 2.24) is 4.90 Å². The number of nitrogens with two attached hydrogens (primary N) is 1. The molecule has 0 radical (unpaired) electrons. The molecule has 0 aliphatic rings. The van der Waals surface area contributed by atoms with Crippen molar-refractivity contribution in [1.29, 1.82) is 0 Å². The maximum Gasteiger partial charge on any atom is 0.119 e. The van der Waals surface area contributed by atoms with E-state index < -0.39 is 8.07 Å². The van der Waals surface area contributed by atoms with Gasteiger partial charge in [0.2, 0.25) is 0 Å². The third-order valence-electron chi connectivity index (χ3n) is 5.24. The third kappa shape index (κ3) is 5.53. The van der Waals surface area contributed by atoms with E-state index in [4.69, 9.17) is 5.73 Å². The van der Waals surface area contributed by atoms with E-state index in [-0.39, 0.29) is 0 Å². The first-order valence-electron chi connectivity index (χ1n) is 9.72. The Morgan fingerprint density at radius 2 is 1.36 bits per heavy atom. The van der Waals surface area contributed by atoms with Crippen molar-refractivity contribution < 1.29 is 0 Å². The molecule has 0 unspecified atom stereocenters. The lowest BCUT2D eigenvalue weighted by atomic mass is 10.3. The summed E-state index contributed by atoms with van der Waals surface area (Å²) in [5, 5.41) is 3.16. The Hall–Kier alpha value is -1.42. The molecule has 2 N–H and O–H groups in total. The summed E-state index contributed by atoms with van der Waals surface area (Å²) in [6.07, 6.45) is 3.57. The minimum Gasteiger partial charge on any atom is -0.330 e. The molecule has 3 heteroatoms. The lowest BCUT2D eigenvalue weighted by Crippen LogP contribution is -2.59. The van der Waals surface area contributed by atoms with Gasteiger partial charge >= 0.3 is 0 Å². The SMILES string of the molecule is CCC[Si](CCN(C)CCCCN)(c1ccccc1)c1ccccc1.